The van der Waals surface area contributed by atoms with Gasteiger partial charge in [0, 0.05) is 25.5 Å². The molecule has 106 valence electrons. The van der Waals surface area contributed by atoms with Gasteiger partial charge in [-0.15, -0.1) is 0 Å². The van der Waals surface area contributed by atoms with Gasteiger partial charge in [-0.1, -0.05) is 0 Å². The van der Waals surface area contributed by atoms with Gasteiger partial charge in [0.05, 0.1) is 18.8 Å². The van der Waals surface area contributed by atoms with E-state index in [4.69, 9.17) is 9.47 Å². The van der Waals surface area contributed by atoms with Crippen LogP contribution in [0, 0.1) is 0 Å². The van der Waals surface area contributed by atoms with Crippen molar-refractivity contribution in [3.63, 3.8) is 0 Å². The molecule has 0 aromatic carbocycles. The average Bonchev–Trinajstić information content (AvgIpc) is 3.08. The molecule has 1 saturated heterocycles. The van der Waals surface area contributed by atoms with Gasteiger partial charge in [0.25, 0.3) is 5.56 Å². The van der Waals surface area contributed by atoms with Crippen molar-refractivity contribution < 1.29 is 14.3 Å². The third-order valence-corrected chi connectivity index (χ3v) is 3.46. The monoisotopic (exact) mass is 277 g/mol. The molecular formula is C13H15N3O4. The lowest BCUT2D eigenvalue weighted by Crippen LogP contribution is -2.18. The molecule has 0 spiro atoms. The largest absolute Gasteiger partial charge is 0.465 e. The van der Waals surface area contributed by atoms with Gasteiger partial charge in [0.2, 0.25) is 0 Å². The summed E-state index contributed by atoms with van der Waals surface area (Å²) in [6.07, 6.45) is 5.47. The lowest BCUT2D eigenvalue weighted by molar-refractivity contribution is 0.0598. The van der Waals surface area contributed by atoms with E-state index in [1.807, 2.05) is 0 Å². The van der Waals surface area contributed by atoms with E-state index >= 15 is 0 Å². The van der Waals surface area contributed by atoms with Crippen LogP contribution in [-0.2, 0) is 16.0 Å². The molecule has 3 aliphatic rings. The van der Waals surface area contributed by atoms with E-state index < -0.39 is 5.97 Å². The highest BCUT2D eigenvalue weighted by Gasteiger charge is 2.23. The van der Waals surface area contributed by atoms with E-state index in [1.165, 1.54) is 7.11 Å². The van der Waals surface area contributed by atoms with Gasteiger partial charge in [0.15, 0.2) is 0 Å². The number of fused-ring (bicyclic) bond motifs is 1. The Bertz CT molecular complexity index is 654. The van der Waals surface area contributed by atoms with E-state index in [0.717, 1.165) is 19.4 Å². The number of methoxy groups -OCH3 is 1. The fraction of sp³-hybridized carbons (Fsp3) is 0.462. The second-order valence-corrected chi connectivity index (χ2v) is 4.81. The third-order valence-electron chi connectivity index (χ3n) is 3.46. The number of pyridine rings is 1. The average molecular weight is 277 g/mol. The minimum Gasteiger partial charge on any atom is -0.465 e. The number of hydrogen-bond donors (Lipinski definition) is 1. The van der Waals surface area contributed by atoms with Crippen LogP contribution in [0.25, 0.3) is 11.3 Å². The zero-order valence-electron chi connectivity index (χ0n) is 11.1. The quantitative estimate of drug-likeness (QED) is 0.832. The zero-order chi connectivity index (χ0) is 14.1. The van der Waals surface area contributed by atoms with Crippen LogP contribution in [0.1, 0.15) is 23.2 Å². The molecule has 1 atom stereocenters. The van der Waals surface area contributed by atoms with Gasteiger partial charge in [-0.05, 0) is 12.8 Å². The predicted octanol–water partition coefficient (Wildman–Crippen LogP) is 0.642. The lowest BCUT2D eigenvalue weighted by Gasteiger charge is -2.15. The molecule has 1 fully saturated rings. The van der Waals surface area contributed by atoms with Crippen molar-refractivity contribution in [2.75, 3.05) is 13.7 Å². The number of hydrogen-bond acceptors (Lipinski definition) is 5. The van der Waals surface area contributed by atoms with E-state index in [9.17, 15) is 9.59 Å². The van der Waals surface area contributed by atoms with Crippen LogP contribution in [-0.4, -0.2) is 40.6 Å². The molecule has 0 unspecified atom stereocenters. The number of aromatic nitrogens is 3. The first-order chi connectivity index (χ1) is 9.69. The number of nitrogens with one attached hydrogen (secondary N) is 1. The Balaban J connectivity index is 2.03. The van der Waals surface area contributed by atoms with Crippen LogP contribution in [0.3, 0.4) is 0 Å². The normalized spacial score (nSPS) is 18.6. The first kappa shape index (κ1) is 12.9. The Morgan fingerprint density at radius 1 is 1.60 bits per heavy atom. The minimum atomic E-state index is -0.511. The summed E-state index contributed by atoms with van der Waals surface area (Å²) < 4.78 is 12.1. The number of nitrogens with zero attached hydrogens (tertiary/aromatic N) is 2. The molecule has 1 N–H and O–H groups in total. The van der Waals surface area contributed by atoms with Gasteiger partial charge < -0.3 is 14.0 Å². The van der Waals surface area contributed by atoms with Gasteiger partial charge >= 0.3 is 5.97 Å². The van der Waals surface area contributed by atoms with Crippen LogP contribution in [0.4, 0.5) is 0 Å². The fourth-order valence-corrected chi connectivity index (χ4v) is 2.48. The van der Waals surface area contributed by atoms with Crippen LogP contribution >= 0.6 is 0 Å². The van der Waals surface area contributed by atoms with Crippen LogP contribution < -0.4 is 5.56 Å². The standard InChI is InChI=1S/C13H15N3O4/c1-19-13(18)10-7-16(5-8-3-2-4-20-8)6-9-11(10)14-15-12(9)17/h6-8H,2-5H2,1H3,(H,15,17)/t8-/m1/s1. The van der Waals surface area contributed by atoms with Crippen molar-refractivity contribution in [2.45, 2.75) is 25.5 Å². The summed E-state index contributed by atoms with van der Waals surface area (Å²) in [5.41, 5.74) is 0.685. The number of rotatable bonds is 3. The molecule has 3 heterocycles. The highest BCUT2D eigenvalue weighted by molar-refractivity contribution is 5.95. The highest BCUT2D eigenvalue weighted by Crippen LogP contribution is 2.22. The number of carbonyl (C=O) groups is 1. The van der Waals surface area contributed by atoms with E-state index in [-0.39, 0.29) is 17.2 Å². The maximum absolute atomic E-state index is 11.8. The molecule has 20 heavy (non-hydrogen) atoms. The fourth-order valence-electron chi connectivity index (χ4n) is 2.48. The first-order valence-corrected chi connectivity index (χ1v) is 6.47. The minimum absolute atomic E-state index is 0.116. The van der Waals surface area contributed by atoms with Crippen molar-refractivity contribution in [3.05, 3.63) is 28.3 Å². The topological polar surface area (TPSA) is 86.2 Å². The highest BCUT2D eigenvalue weighted by atomic mass is 16.5. The molecule has 0 saturated carbocycles. The number of H-pyrrole nitrogens is 1. The van der Waals surface area contributed by atoms with Gasteiger partial charge in [0.1, 0.15) is 11.3 Å². The molecule has 0 aromatic heterocycles. The summed E-state index contributed by atoms with van der Waals surface area (Å²) in [5, 5.41) is 6.24. The molecule has 7 heteroatoms. The van der Waals surface area contributed by atoms with Gasteiger partial charge in [-0.2, -0.15) is 5.10 Å². The Morgan fingerprint density at radius 2 is 2.45 bits per heavy atom. The molecule has 0 amide bonds. The van der Waals surface area contributed by atoms with Crippen molar-refractivity contribution in [1.29, 1.82) is 0 Å². The Kier molecular flexibility index (Phi) is 3.27. The number of aromatic amines is 1. The zero-order valence-corrected chi connectivity index (χ0v) is 11.1. The molecule has 3 aliphatic heterocycles. The maximum Gasteiger partial charge on any atom is 0.341 e. The summed E-state index contributed by atoms with van der Waals surface area (Å²) in [7, 11) is 1.30. The van der Waals surface area contributed by atoms with Crippen molar-refractivity contribution in [1.82, 2.24) is 14.8 Å². The van der Waals surface area contributed by atoms with Gasteiger partial charge in [-0.3, -0.25) is 4.79 Å². The summed E-state index contributed by atoms with van der Waals surface area (Å²) >= 11 is 0. The van der Waals surface area contributed by atoms with Crippen molar-refractivity contribution in [2.24, 2.45) is 0 Å². The van der Waals surface area contributed by atoms with Crippen LogP contribution in [0.2, 0.25) is 0 Å². The van der Waals surface area contributed by atoms with Gasteiger partial charge in [-0.25, -0.2) is 9.89 Å². The summed E-state index contributed by atoms with van der Waals surface area (Å²) in [4.78, 5) is 23.5. The predicted molar refractivity (Wildman–Crippen MR) is 69.8 cm³/mol. The van der Waals surface area contributed by atoms with Crippen molar-refractivity contribution in [3.8, 4) is 11.3 Å². The molecular weight excluding hydrogens is 262 g/mol. The number of carbonyl (C=O) groups excluding carboxylic acids is 1. The molecule has 0 radical (unpaired) electrons. The summed E-state index contributed by atoms with van der Waals surface area (Å²) in [6, 6.07) is 0. The second-order valence-electron chi connectivity index (χ2n) is 4.81. The molecule has 7 nitrogen and oxygen atoms in total. The van der Waals surface area contributed by atoms with Crippen LogP contribution in [0.15, 0.2) is 17.2 Å². The first-order valence-electron chi connectivity index (χ1n) is 6.47. The second kappa shape index (κ2) is 5.09. The summed E-state index contributed by atoms with van der Waals surface area (Å²) in [5.74, 6) is -0.511. The Hall–Kier alpha value is -2.15. The van der Waals surface area contributed by atoms with E-state index in [1.54, 1.807) is 17.0 Å². The molecule has 3 rings (SSSR count). The van der Waals surface area contributed by atoms with Crippen LogP contribution in [0.5, 0.6) is 0 Å². The molecule has 0 bridgehead atoms. The Labute approximate surface area is 114 Å². The van der Waals surface area contributed by atoms with E-state index in [2.05, 4.69) is 10.2 Å². The number of esters is 1. The molecule has 0 aliphatic carbocycles. The summed E-state index contributed by atoms with van der Waals surface area (Å²) in [6.45, 7) is 1.36. The van der Waals surface area contributed by atoms with Crippen molar-refractivity contribution >= 4 is 5.97 Å². The Morgan fingerprint density at radius 3 is 3.15 bits per heavy atom. The third kappa shape index (κ3) is 2.20. The lowest BCUT2D eigenvalue weighted by atomic mass is 10.1. The maximum atomic E-state index is 11.8. The van der Waals surface area contributed by atoms with E-state index in [0.29, 0.717) is 17.8 Å². The smallest absolute Gasteiger partial charge is 0.341 e. The SMILES string of the molecule is COC(=O)c1cn(C[C@H]2CCCO2)cc2c(=O)[nH]nc1-2. The molecule has 0 aromatic rings. The number of ether oxygens (including phenoxy) is 2.